The summed E-state index contributed by atoms with van der Waals surface area (Å²) < 4.78 is 0. The van der Waals surface area contributed by atoms with Crippen molar-refractivity contribution in [2.75, 3.05) is 18.3 Å². The van der Waals surface area contributed by atoms with Crippen LogP contribution in [0.5, 0.6) is 0 Å². The van der Waals surface area contributed by atoms with Gasteiger partial charge in [-0.15, -0.1) is 11.8 Å². The molecule has 0 spiro atoms. The lowest BCUT2D eigenvalue weighted by molar-refractivity contribution is 0.204. The Morgan fingerprint density at radius 2 is 1.85 bits per heavy atom. The average Bonchev–Trinajstić information content (AvgIpc) is 2.18. The van der Waals surface area contributed by atoms with Crippen molar-refractivity contribution in [3.63, 3.8) is 0 Å². The van der Waals surface area contributed by atoms with Crippen LogP contribution in [-0.4, -0.2) is 23.4 Å². The number of benzene rings is 1. The van der Waals surface area contributed by atoms with Crippen LogP contribution in [0.1, 0.15) is 11.7 Å². The number of aliphatic hydroxyl groups excluding tert-OH is 1. The van der Waals surface area contributed by atoms with E-state index in [1.165, 1.54) is 4.90 Å². The maximum atomic E-state index is 9.66. The molecule has 0 saturated carbocycles. The van der Waals surface area contributed by atoms with Gasteiger partial charge in [0.2, 0.25) is 0 Å². The number of thioether (sulfide) groups is 2. The van der Waals surface area contributed by atoms with Gasteiger partial charge in [-0.05, 0) is 30.2 Å². The molecule has 0 bridgehead atoms. The summed E-state index contributed by atoms with van der Waals surface area (Å²) in [7, 11) is 0. The largest absolute Gasteiger partial charge is 0.388 e. The number of hydrogen-bond donors (Lipinski definition) is 1. The Balaban J connectivity index is 2.67. The normalized spacial score (nSPS) is 12.8. The van der Waals surface area contributed by atoms with Crippen molar-refractivity contribution in [2.45, 2.75) is 11.0 Å². The predicted octanol–water partition coefficient (Wildman–Crippen LogP) is 2.80. The molecular formula is C10H14OS2. The van der Waals surface area contributed by atoms with Crippen molar-refractivity contribution in [1.29, 1.82) is 0 Å². The third-order valence-corrected chi connectivity index (χ3v) is 3.22. The Hall–Kier alpha value is -0.120. The van der Waals surface area contributed by atoms with E-state index in [9.17, 15) is 5.11 Å². The highest BCUT2D eigenvalue weighted by atomic mass is 32.2. The van der Waals surface area contributed by atoms with E-state index in [2.05, 4.69) is 0 Å². The molecule has 0 saturated heterocycles. The second-order valence-corrected chi connectivity index (χ2v) is 4.53. The van der Waals surface area contributed by atoms with E-state index < -0.39 is 0 Å². The fourth-order valence-electron chi connectivity index (χ4n) is 1.08. The maximum absolute atomic E-state index is 9.66. The molecule has 0 radical (unpaired) electrons. The Morgan fingerprint density at radius 3 is 2.31 bits per heavy atom. The molecule has 1 unspecified atom stereocenters. The van der Waals surface area contributed by atoms with Crippen LogP contribution in [0, 0.1) is 0 Å². The second kappa shape index (κ2) is 5.58. The molecule has 1 rings (SSSR count). The zero-order chi connectivity index (χ0) is 9.68. The molecule has 0 heterocycles. The van der Waals surface area contributed by atoms with Gasteiger partial charge in [0.05, 0.1) is 6.10 Å². The van der Waals surface area contributed by atoms with E-state index >= 15 is 0 Å². The SMILES string of the molecule is CSCC(O)c1ccc(SC)cc1. The lowest BCUT2D eigenvalue weighted by atomic mass is 10.1. The average molecular weight is 214 g/mol. The van der Waals surface area contributed by atoms with Crippen molar-refractivity contribution in [3.8, 4) is 0 Å². The smallest absolute Gasteiger partial charge is 0.0880 e. The van der Waals surface area contributed by atoms with E-state index in [1.54, 1.807) is 23.5 Å². The maximum Gasteiger partial charge on any atom is 0.0880 e. The van der Waals surface area contributed by atoms with Crippen molar-refractivity contribution in [2.24, 2.45) is 0 Å². The number of rotatable bonds is 4. The number of hydrogen-bond acceptors (Lipinski definition) is 3. The van der Waals surface area contributed by atoms with Crippen molar-refractivity contribution in [1.82, 2.24) is 0 Å². The molecule has 0 aromatic heterocycles. The summed E-state index contributed by atoms with van der Waals surface area (Å²) >= 11 is 3.38. The Morgan fingerprint density at radius 1 is 1.23 bits per heavy atom. The molecule has 13 heavy (non-hydrogen) atoms. The summed E-state index contributed by atoms with van der Waals surface area (Å²) in [6, 6.07) is 8.08. The summed E-state index contributed by atoms with van der Waals surface area (Å²) in [5.41, 5.74) is 1.01. The fraction of sp³-hybridized carbons (Fsp3) is 0.400. The van der Waals surface area contributed by atoms with Crippen molar-refractivity contribution in [3.05, 3.63) is 29.8 Å². The van der Waals surface area contributed by atoms with Crippen LogP contribution < -0.4 is 0 Å². The lowest BCUT2D eigenvalue weighted by Gasteiger charge is -2.09. The summed E-state index contributed by atoms with van der Waals surface area (Å²) in [6.45, 7) is 0. The third kappa shape index (κ3) is 3.25. The van der Waals surface area contributed by atoms with E-state index in [0.717, 1.165) is 11.3 Å². The van der Waals surface area contributed by atoms with Crippen molar-refractivity contribution >= 4 is 23.5 Å². The molecule has 1 nitrogen and oxygen atoms in total. The van der Waals surface area contributed by atoms with Gasteiger partial charge in [-0.3, -0.25) is 0 Å². The van der Waals surface area contributed by atoms with Crippen LogP contribution in [0.2, 0.25) is 0 Å². The standard InChI is InChI=1S/C10H14OS2/c1-12-7-10(11)8-3-5-9(13-2)6-4-8/h3-6,10-11H,7H2,1-2H3. The molecule has 0 aliphatic heterocycles. The predicted molar refractivity (Wildman–Crippen MR) is 61.6 cm³/mol. The first kappa shape index (κ1) is 11.0. The highest BCUT2D eigenvalue weighted by molar-refractivity contribution is 7.98. The van der Waals surface area contributed by atoms with Gasteiger partial charge in [0.25, 0.3) is 0 Å². The molecule has 0 aliphatic carbocycles. The minimum atomic E-state index is -0.328. The molecule has 0 aliphatic rings. The van der Waals surface area contributed by atoms with E-state index in [0.29, 0.717) is 0 Å². The van der Waals surface area contributed by atoms with Crippen LogP contribution in [-0.2, 0) is 0 Å². The molecule has 72 valence electrons. The first-order valence-corrected chi connectivity index (χ1v) is 6.70. The third-order valence-electron chi connectivity index (χ3n) is 1.83. The molecule has 1 aromatic carbocycles. The van der Waals surface area contributed by atoms with Crippen LogP contribution in [0.3, 0.4) is 0 Å². The molecule has 1 aromatic rings. The van der Waals surface area contributed by atoms with Crippen LogP contribution in [0.25, 0.3) is 0 Å². The quantitative estimate of drug-likeness (QED) is 0.778. The highest BCUT2D eigenvalue weighted by Crippen LogP contribution is 2.20. The van der Waals surface area contributed by atoms with Gasteiger partial charge in [0, 0.05) is 10.6 Å². The van der Waals surface area contributed by atoms with Gasteiger partial charge in [-0.2, -0.15) is 11.8 Å². The minimum absolute atomic E-state index is 0.328. The minimum Gasteiger partial charge on any atom is -0.388 e. The zero-order valence-electron chi connectivity index (χ0n) is 7.86. The Kier molecular flexibility index (Phi) is 4.70. The first-order valence-electron chi connectivity index (χ1n) is 4.09. The monoisotopic (exact) mass is 214 g/mol. The molecular weight excluding hydrogens is 200 g/mol. The highest BCUT2D eigenvalue weighted by Gasteiger charge is 2.05. The first-order chi connectivity index (χ1) is 6.27. The molecule has 1 atom stereocenters. The van der Waals surface area contributed by atoms with Gasteiger partial charge < -0.3 is 5.11 Å². The molecule has 1 N–H and O–H groups in total. The van der Waals surface area contributed by atoms with Gasteiger partial charge in [0.15, 0.2) is 0 Å². The Bertz CT molecular complexity index is 246. The number of aliphatic hydroxyl groups is 1. The zero-order valence-corrected chi connectivity index (χ0v) is 9.49. The van der Waals surface area contributed by atoms with Crippen molar-refractivity contribution < 1.29 is 5.11 Å². The van der Waals surface area contributed by atoms with E-state index in [-0.39, 0.29) is 6.10 Å². The molecule has 3 heteroatoms. The van der Waals surface area contributed by atoms with Gasteiger partial charge >= 0.3 is 0 Å². The fourth-order valence-corrected chi connectivity index (χ4v) is 2.00. The summed E-state index contributed by atoms with van der Waals surface area (Å²) in [5, 5.41) is 9.66. The topological polar surface area (TPSA) is 20.2 Å². The second-order valence-electron chi connectivity index (χ2n) is 2.74. The molecule has 0 amide bonds. The Labute approximate surface area is 87.9 Å². The van der Waals surface area contributed by atoms with Crippen LogP contribution >= 0.6 is 23.5 Å². The summed E-state index contributed by atoms with van der Waals surface area (Å²) in [6.07, 6.45) is 3.72. The lowest BCUT2D eigenvalue weighted by Crippen LogP contribution is -1.99. The van der Waals surface area contributed by atoms with Crippen LogP contribution in [0.4, 0.5) is 0 Å². The van der Waals surface area contributed by atoms with E-state index in [4.69, 9.17) is 0 Å². The van der Waals surface area contributed by atoms with Gasteiger partial charge in [-0.25, -0.2) is 0 Å². The van der Waals surface area contributed by atoms with Crippen LogP contribution in [0.15, 0.2) is 29.2 Å². The summed E-state index contributed by atoms with van der Waals surface area (Å²) in [4.78, 5) is 1.24. The van der Waals surface area contributed by atoms with E-state index in [1.807, 2.05) is 36.8 Å². The summed E-state index contributed by atoms with van der Waals surface area (Å²) in [5.74, 6) is 0.763. The van der Waals surface area contributed by atoms with Gasteiger partial charge in [0.1, 0.15) is 0 Å². The molecule has 0 fully saturated rings. The van der Waals surface area contributed by atoms with Gasteiger partial charge in [-0.1, -0.05) is 12.1 Å².